The Labute approximate surface area is 274 Å². The summed E-state index contributed by atoms with van der Waals surface area (Å²) in [6, 6.07) is 37.5. The van der Waals surface area contributed by atoms with E-state index in [-0.39, 0.29) is 6.04 Å². The lowest BCUT2D eigenvalue weighted by molar-refractivity contribution is 0.639. The molecule has 0 saturated heterocycles. The van der Waals surface area contributed by atoms with Crippen molar-refractivity contribution >= 4 is 55.6 Å². The second-order valence-electron chi connectivity index (χ2n) is 12.7. The lowest BCUT2D eigenvalue weighted by atomic mass is 9.89. The van der Waals surface area contributed by atoms with Crippen molar-refractivity contribution in [3.05, 3.63) is 168 Å². The van der Waals surface area contributed by atoms with Gasteiger partial charge in [-0.3, -0.25) is 0 Å². The van der Waals surface area contributed by atoms with E-state index in [1.54, 1.807) is 0 Å². The van der Waals surface area contributed by atoms with Gasteiger partial charge in [0, 0.05) is 68.1 Å². The van der Waals surface area contributed by atoms with E-state index in [1.165, 1.54) is 60.8 Å². The van der Waals surface area contributed by atoms with E-state index < -0.39 is 0 Å². The molecule has 0 fully saturated rings. The molecule has 224 valence electrons. The number of para-hydroxylation sites is 3. The number of benzene rings is 4. The largest absolute Gasteiger partial charge is 0.333 e. The quantitative estimate of drug-likeness (QED) is 0.197. The number of nitriles is 1. The number of rotatable bonds is 4. The Kier molecular flexibility index (Phi) is 6.54. The van der Waals surface area contributed by atoms with E-state index in [0.717, 1.165) is 36.0 Å². The lowest BCUT2D eigenvalue weighted by Crippen LogP contribution is -2.11. The van der Waals surface area contributed by atoms with Crippen molar-refractivity contribution in [1.29, 1.82) is 5.26 Å². The Morgan fingerprint density at radius 1 is 0.702 bits per heavy atom. The molecule has 0 aliphatic heterocycles. The fourth-order valence-corrected chi connectivity index (χ4v) is 7.96. The highest BCUT2D eigenvalue weighted by molar-refractivity contribution is 6.08. The first kappa shape index (κ1) is 27.5. The second-order valence-corrected chi connectivity index (χ2v) is 12.7. The molecule has 4 aromatic carbocycles. The van der Waals surface area contributed by atoms with Crippen LogP contribution in [0.4, 0.5) is 0 Å². The Hall–Kier alpha value is -5.85. The van der Waals surface area contributed by atoms with E-state index >= 15 is 0 Å². The monoisotopic (exact) mass is 603 g/mol. The summed E-state index contributed by atoms with van der Waals surface area (Å²) in [5.41, 5.74) is 13.2. The molecule has 0 radical (unpaired) electrons. The van der Waals surface area contributed by atoms with Crippen LogP contribution in [-0.2, 0) is 6.42 Å². The maximum absolute atomic E-state index is 10.2. The van der Waals surface area contributed by atoms with Crippen LogP contribution >= 0.6 is 0 Å². The third-order valence-corrected chi connectivity index (χ3v) is 9.98. The zero-order chi connectivity index (χ0) is 31.3. The van der Waals surface area contributed by atoms with Crippen molar-refractivity contribution in [1.82, 2.24) is 9.13 Å². The molecule has 0 amide bonds. The van der Waals surface area contributed by atoms with Gasteiger partial charge in [0.1, 0.15) is 0 Å². The summed E-state index contributed by atoms with van der Waals surface area (Å²) in [7, 11) is 0. The fourth-order valence-electron chi connectivity index (χ4n) is 7.96. The van der Waals surface area contributed by atoms with Crippen LogP contribution in [0.2, 0.25) is 0 Å². The minimum absolute atomic E-state index is 0.0327. The number of hydrogen-bond acceptors (Lipinski definition) is 1. The van der Waals surface area contributed by atoms with Gasteiger partial charge in [-0.2, -0.15) is 5.26 Å². The predicted molar refractivity (Wildman–Crippen MR) is 197 cm³/mol. The molecule has 0 N–H and O–H groups in total. The van der Waals surface area contributed by atoms with Crippen LogP contribution in [-0.4, -0.2) is 9.13 Å². The van der Waals surface area contributed by atoms with Gasteiger partial charge in [0.25, 0.3) is 0 Å². The molecule has 47 heavy (non-hydrogen) atoms. The van der Waals surface area contributed by atoms with Gasteiger partial charge in [-0.1, -0.05) is 115 Å². The highest BCUT2D eigenvalue weighted by Crippen LogP contribution is 2.41. The zero-order valence-electron chi connectivity index (χ0n) is 26.1. The molecule has 0 bridgehead atoms. The Morgan fingerprint density at radius 3 is 2.21 bits per heavy atom. The van der Waals surface area contributed by atoms with Crippen molar-refractivity contribution in [3.8, 4) is 6.07 Å². The summed E-state index contributed by atoms with van der Waals surface area (Å²) in [5, 5.41) is 14.0. The molecule has 1 atom stereocenters. The smallest absolute Gasteiger partial charge is 0.0948 e. The topological polar surface area (TPSA) is 33.6 Å². The standard InChI is InChI=1S/C44H33N3/c45-29-30-25-33(28-34(26-30)46-41-22-9-5-17-36(41)37-18-6-10-23-42(37)46)31-13-12-14-32(27-31)35-15-4-8-21-40(35)47-43-20-3-1-2-16-38(43)39-19-7-11-24-44(39)47/h1-7,9-19,22-25,27-28,34H,8,20-21,26H2. The van der Waals surface area contributed by atoms with Gasteiger partial charge >= 0.3 is 0 Å². The summed E-state index contributed by atoms with van der Waals surface area (Å²) >= 11 is 0. The zero-order valence-corrected chi connectivity index (χ0v) is 26.1. The number of nitrogens with zero attached hydrogens (tertiary/aromatic N) is 3. The SMILES string of the molecule is N#CC1=CC(c2cccc(C3=C(n4c5c(c6ccccc64)C=CC=CC5)CCC=C3)c2)=CC(n2c3ccccc3c3ccccc32)C1. The molecule has 0 spiro atoms. The summed E-state index contributed by atoms with van der Waals surface area (Å²) < 4.78 is 4.96. The number of allylic oxidation sites excluding steroid dienone is 11. The van der Waals surface area contributed by atoms with E-state index in [9.17, 15) is 5.26 Å². The Balaban J connectivity index is 1.20. The molecule has 1 unspecified atom stereocenters. The molecule has 2 aromatic heterocycles. The average molecular weight is 604 g/mol. The van der Waals surface area contributed by atoms with Gasteiger partial charge in [0.15, 0.2) is 0 Å². The fraction of sp³-hybridized carbons (Fsp3) is 0.114. The Morgan fingerprint density at radius 2 is 1.43 bits per heavy atom. The molecule has 6 aromatic rings. The summed E-state index contributed by atoms with van der Waals surface area (Å²) in [6.07, 6.45) is 21.5. The molecule has 3 heteroatoms. The van der Waals surface area contributed by atoms with Crippen molar-refractivity contribution in [2.45, 2.75) is 31.7 Å². The van der Waals surface area contributed by atoms with E-state index in [2.05, 4.69) is 161 Å². The van der Waals surface area contributed by atoms with Crippen molar-refractivity contribution in [3.63, 3.8) is 0 Å². The number of aromatic nitrogens is 2. The average Bonchev–Trinajstić information content (AvgIpc) is 3.52. The van der Waals surface area contributed by atoms with Crippen molar-refractivity contribution in [2.75, 3.05) is 0 Å². The van der Waals surface area contributed by atoms with Gasteiger partial charge in [-0.25, -0.2) is 0 Å². The summed E-state index contributed by atoms with van der Waals surface area (Å²) in [5.74, 6) is 0. The number of hydrogen-bond donors (Lipinski definition) is 0. The molecule has 3 aliphatic carbocycles. The normalized spacial score (nSPS) is 17.6. The van der Waals surface area contributed by atoms with Crippen LogP contribution in [0.25, 0.3) is 55.6 Å². The van der Waals surface area contributed by atoms with Crippen LogP contribution in [0, 0.1) is 11.3 Å². The highest BCUT2D eigenvalue weighted by Gasteiger charge is 2.24. The molecular weight excluding hydrogens is 571 g/mol. The van der Waals surface area contributed by atoms with Gasteiger partial charge in [0.05, 0.1) is 17.6 Å². The van der Waals surface area contributed by atoms with Crippen LogP contribution in [0.15, 0.2) is 145 Å². The van der Waals surface area contributed by atoms with E-state index in [4.69, 9.17) is 0 Å². The maximum Gasteiger partial charge on any atom is 0.0948 e. The van der Waals surface area contributed by atoms with Gasteiger partial charge < -0.3 is 9.13 Å². The molecule has 3 aliphatic rings. The first-order valence-corrected chi connectivity index (χ1v) is 16.5. The molecule has 0 saturated carbocycles. The van der Waals surface area contributed by atoms with Crippen LogP contribution in [0.5, 0.6) is 0 Å². The Bertz CT molecular complexity index is 2420. The van der Waals surface area contributed by atoms with Crippen LogP contribution in [0.1, 0.15) is 47.7 Å². The molecular formula is C44H33N3. The first-order chi connectivity index (χ1) is 23.3. The van der Waals surface area contributed by atoms with Crippen LogP contribution < -0.4 is 0 Å². The highest BCUT2D eigenvalue weighted by atomic mass is 15.0. The van der Waals surface area contributed by atoms with Gasteiger partial charge in [-0.05, 0) is 59.9 Å². The van der Waals surface area contributed by atoms with Crippen LogP contribution in [0.3, 0.4) is 0 Å². The third-order valence-electron chi connectivity index (χ3n) is 9.98. The minimum Gasteiger partial charge on any atom is -0.333 e. The lowest BCUT2D eigenvalue weighted by Gasteiger charge is -2.24. The molecule has 2 heterocycles. The van der Waals surface area contributed by atoms with E-state index in [0.29, 0.717) is 6.42 Å². The van der Waals surface area contributed by atoms with Gasteiger partial charge in [0.2, 0.25) is 0 Å². The van der Waals surface area contributed by atoms with Gasteiger partial charge in [-0.15, -0.1) is 0 Å². The van der Waals surface area contributed by atoms with E-state index in [1.807, 2.05) is 0 Å². The summed E-state index contributed by atoms with van der Waals surface area (Å²) in [6.45, 7) is 0. The van der Waals surface area contributed by atoms with Crippen molar-refractivity contribution in [2.24, 2.45) is 0 Å². The summed E-state index contributed by atoms with van der Waals surface area (Å²) in [4.78, 5) is 0. The predicted octanol–water partition coefficient (Wildman–Crippen LogP) is 11.1. The second kappa shape index (κ2) is 11.2. The van der Waals surface area contributed by atoms with Crippen molar-refractivity contribution < 1.29 is 0 Å². The molecule has 3 nitrogen and oxygen atoms in total. The third kappa shape index (κ3) is 4.48. The molecule has 9 rings (SSSR count). The maximum atomic E-state index is 10.2. The number of fused-ring (bicyclic) bond motifs is 6. The first-order valence-electron chi connectivity index (χ1n) is 16.5. The minimum atomic E-state index is 0.0327.